The molecular formula is C50H76O2. The molecule has 2 rings (SSSR count). The summed E-state index contributed by atoms with van der Waals surface area (Å²) in [6.45, 7) is 26.0. The van der Waals surface area contributed by atoms with Crippen molar-refractivity contribution in [3.63, 3.8) is 0 Å². The molecule has 0 saturated carbocycles. The molecule has 0 saturated heterocycles. The second kappa shape index (κ2) is 25.8. The molecule has 0 radical (unpaired) electrons. The predicted molar refractivity (Wildman–Crippen MR) is 231 cm³/mol. The third-order valence-corrected chi connectivity index (χ3v) is 10.4. The van der Waals surface area contributed by atoms with E-state index in [9.17, 15) is 0 Å². The first-order valence-corrected chi connectivity index (χ1v) is 20.6. The number of rotatable bonds is 24. The summed E-state index contributed by atoms with van der Waals surface area (Å²) in [4.78, 5) is 0. The van der Waals surface area contributed by atoms with Crippen LogP contribution in [0.4, 0.5) is 0 Å². The Bertz CT molecular complexity index is 1460. The minimum absolute atomic E-state index is 0.0790. The van der Waals surface area contributed by atoms with Crippen LogP contribution in [0.2, 0.25) is 0 Å². The second-order valence-electron chi connectivity index (χ2n) is 15.6. The third-order valence-electron chi connectivity index (χ3n) is 10.4. The lowest BCUT2D eigenvalue weighted by molar-refractivity contribution is 0.0307. The highest BCUT2D eigenvalue weighted by atomic mass is 16.5. The monoisotopic (exact) mass is 709 g/mol. The molecule has 0 spiro atoms. The molecule has 288 valence electrons. The number of fused-ring (bicyclic) bond motifs is 1. The van der Waals surface area contributed by atoms with Gasteiger partial charge in [0.2, 0.25) is 0 Å². The Kier molecular flexibility index (Phi) is 22.4. The van der Waals surface area contributed by atoms with Gasteiger partial charge in [-0.25, -0.2) is 0 Å². The van der Waals surface area contributed by atoms with E-state index in [-0.39, 0.29) is 12.0 Å². The van der Waals surface area contributed by atoms with Gasteiger partial charge in [-0.3, -0.25) is 0 Å². The first-order chi connectivity index (χ1) is 25.0. The number of benzene rings is 1. The molecule has 0 amide bonds. The van der Waals surface area contributed by atoms with Crippen molar-refractivity contribution in [1.82, 2.24) is 0 Å². The molecule has 0 aliphatic heterocycles. The molecule has 0 bridgehead atoms. The van der Waals surface area contributed by atoms with Crippen LogP contribution in [-0.4, -0.2) is 13.2 Å². The van der Waals surface area contributed by atoms with Crippen LogP contribution in [0.1, 0.15) is 177 Å². The molecular weight excluding hydrogens is 633 g/mol. The van der Waals surface area contributed by atoms with Crippen molar-refractivity contribution in [2.24, 2.45) is 5.92 Å². The van der Waals surface area contributed by atoms with Gasteiger partial charge in [0.25, 0.3) is 0 Å². The van der Waals surface area contributed by atoms with E-state index in [0.717, 1.165) is 63.5 Å². The molecule has 0 fully saturated rings. The maximum atomic E-state index is 6.27. The molecule has 1 aromatic carbocycles. The van der Waals surface area contributed by atoms with E-state index in [0.29, 0.717) is 13.2 Å². The zero-order valence-corrected chi connectivity index (χ0v) is 35.4. The molecule has 1 aromatic rings. The van der Waals surface area contributed by atoms with Gasteiger partial charge in [-0.1, -0.05) is 113 Å². The van der Waals surface area contributed by atoms with Crippen LogP contribution in [-0.2, 0) is 9.47 Å². The Hall–Kier alpha value is -3.10. The Morgan fingerprint density at radius 1 is 0.538 bits per heavy atom. The summed E-state index contributed by atoms with van der Waals surface area (Å²) in [7, 11) is 0. The van der Waals surface area contributed by atoms with E-state index >= 15 is 0 Å². The Balaban J connectivity index is 1.74. The van der Waals surface area contributed by atoms with Crippen molar-refractivity contribution in [1.29, 1.82) is 0 Å². The van der Waals surface area contributed by atoms with Crippen LogP contribution in [0, 0.1) is 5.92 Å². The minimum atomic E-state index is 0.0790. The minimum Gasteiger partial charge on any atom is -0.493 e. The average Bonchev–Trinajstić information content (AvgIpc) is 3.09. The summed E-state index contributed by atoms with van der Waals surface area (Å²) in [6, 6.07) is 8.61. The summed E-state index contributed by atoms with van der Waals surface area (Å²) in [5.74, 6) is 1.34. The summed E-state index contributed by atoms with van der Waals surface area (Å²) >= 11 is 0. The van der Waals surface area contributed by atoms with Crippen LogP contribution >= 0.6 is 0 Å². The first kappa shape index (κ1) is 45.1. The fourth-order valence-electron chi connectivity index (χ4n) is 7.01. The van der Waals surface area contributed by atoms with Crippen LogP contribution in [0.5, 0.6) is 0 Å². The summed E-state index contributed by atoms with van der Waals surface area (Å²) < 4.78 is 12.5. The summed E-state index contributed by atoms with van der Waals surface area (Å²) in [5, 5.41) is 0. The number of hydrogen-bond acceptors (Lipinski definition) is 2. The van der Waals surface area contributed by atoms with Crippen molar-refractivity contribution in [3.8, 4) is 0 Å². The highest BCUT2D eigenvalue weighted by molar-refractivity contribution is 5.70. The van der Waals surface area contributed by atoms with E-state index in [4.69, 9.17) is 9.47 Å². The lowest BCUT2D eigenvalue weighted by Gasteiger charge is -2.34. The normalized spacial score (nSPS) is 17.8. The molecule has 1 aliphatic rings. The van der Waals surface area contributed by atoms with Gasteiger partial charge in [0, 0.05) is 18.1 Å². The SMILES string of the molecule is CCOC1=C(C/C=C(\C)CC/C=C(\C)CC/C=C(\C)CC/C=C(\C)CC/C=C(\C)CC/C=C(\C)CCC=C(C)C)C(C)C(OCC)c2ccccc21. The lowest BCUT2D eigenvalue weighted by Crippen LogP contribution is -2.23. The highest BCUT2D eigenvalue weighted by Gasteiger charge is 2.33. The van der Waals surface area contributed by atoms with Crippen molar-refractivity contribution in [2.45, 2.75) is 166 Å². The first-order valence-electron chi connectivity index (χ1n) is 20.6. The van der Waals surface area contributed by atoms with Crippen LogP contribution < -0.4 is 0 Å². The van der Waals surface area contributed by atoms with Crippen molar-refractivity contribution >= 4 is 5.76 Å². The maximum absolute atomic E-state index is 6.27. The number of hydrogen-bond donors (Lipinski definition) is 0. The fourth-order valence-corrected chi connectivity index (χ4v) is 7.01. The summed E-state index contributed by atoms with van der Waals surface area (Å²) in [5.41, 5.74) is 14.3. The molecule has 0 N–H and O–H groups in total. The molecule has 2 atom stereocenters. The largest absolute Gasteiger partial charge is 0.493 e. The molecule has 2 heteroatoms. The molecule has 2 unspecified atom stereocenters. The van der Waals surface area contributed by atoms with Crippen LogP contribution in [0.15, 0.2) is 111 Å². The van der Waals surface area contributed by atoms with Gasteiger partial charge < -0.3 is 9.47 Å². The molecule has 2 nitrogen and oxygen atoms in total. The Morgan fingerprint density at radius 3 is 1.35 bits per heavy atom. The van der Waals surface area contributed by atoms with Gasteiger partial charge in [0.05, 0.1) is 12.7 Å². The van der Waals surface area contributed by atoms with Crippen LogP contribution in [0.3, 0.4) is 0 Å². The fraction of sp³-hybridized carbons (Fsp3) is 0.560. The van der Waals surface area contributed by atoms with Gasteiger partial charge >= 0.3 is 0 Å². The quantitative estimate of drug-likeness (QED) is 0.0996. The number of allylic oxidation sites excluding steroid dienone is 14. The predicted octanol–water partition coefficient (Wildman–Crippen LogP) is 15.9. The van der Waals surface area contributed by atoms with E-state index < -0.39 is 0 Å². The Labute approximate surface area is 321 Å². The Morgan fingerprint density at radius 2 is 0.942 bits per heavy atom. The van der Waals surface area contributed by atoms with Gasteiger partial charge in [-0.05, 0) is 164 Å². The van der Waals surface area contributed by atoms with Gasteiger partial charge in [0.15, 0.2) is 0 Å². The zero-order valence-electron chi connectivity index (χ0n) is 35.4. The van der Waals surface area contributed by atoms with Crippen LogP contribution in [0.25, 0.3) is 5.76 Å². The number of ether oxygens (including phenoxy) is 2. The van der Waals surface area contributed by atoms with Gasteiger partial charge in [-0.15, -0.1) is 0 Å². The molecule has 0 aromatic heterocycles. The zero-order chi connectivity index (χ0) is 38.3. The topological polar surface area (TPSA) is 18.5 Å². The molecule has 0 heterocycles. The van der Waals surface area contributed by atoms with Gasteiger partial charge in [0.1, 0.15) is 5.76 Å². The van der Waals surface area contributed by atoms with Crippen molar-refractivity contribution in [2.75, 3.05) is 13.2 Å². The van der Waals surface area contributed by atoms with Crippen molar-refractivity contribution in [3.05, 3.63) is 123 Å². The van der Waals surface area contributed by atoms with Crippen molar-refractivity contribution < 1.29 is 9.47 Å². The molecule has 52 heavy (non-hydrogen) atoms. The molecule has 1 aliphatic carbocycles. The standard InChI is InChI=1S/C50H76O2/c1-12-51-49-45(11)46(50(52-13-2)48-35-15-14-34-47(48)49)37-36-44(10)33-21-32-43(9)31-20-30-42(8)29-19-28-41(7)27-18-26-40(6)25-17-24-39(5)23-16-22-38(3)4/h14-15,22,24,26,28,30,32,34-36,45,49H,12-13,16-21,23,25,27,29,31,33,37H2,1-11H3/b39-24+,40-26+,41-28+,42-30+,43-32+,44-36+. The van der Waals surface area contributed by atoms with Gasteiger partial charge in [-0.2, -0.15) is 0 Å². The lowest BCUT2D eigenvalue weighted by atomic mass is 9.79. The third kappa shape index (κ3) is 17.6. The van der Waals surface area contributed by atoms with E-state index in [2.05, 4.69) is 143 Å². The average molecular weight is 709 g/mol. The highest BCUT2D eigenvalue weighted by Crippen LogP contribution is 2.45. The van der Waals surface area contributed by atoms with E-state index in [1.165, 1.54) is 81.4 Å². The summed E-state index contributed by atoms with van der Waals surface area (Å²) in [6.07, 6.45) is 31.8. The van der Waals surface area contributed by atoms with E-state index in [1.807, 2.05) is 0 Å². The van der Waals surface area contributed by atoms with E-state index in [1.54, 1.807) is 0 Å². The smallest absolute Gasteiger partial charge is 0.126 e. The maximum Gasteiger partial charge on any atom is 0.126 e. The second-order valence-corrected chi connectivity index (χ2v) is 15.6.